The molecule has 0 aliphatic heterocycles. The summed E-state index contributed by atoms with van der Waals surface area (Å²) in [6, 6.07) is 12.0. The number of hydrogen-bond donors (Lipinski definition) is 3. The van der Waals surface area contributed by atoms with Crippen LogP contribution in [0.5, 0.6) is 0 Å². The van der Waals surface area contributed by atoms with Crippen molar-refractivity contribution in [3.05, 3.63) is 36.4 Å². The van der Waals surface area contributed by atoms with Gasteiger partial charge in [0.1, 0.15) is 6.79 Å². The van der Waals surface area contributed by atoms with Crippen LogP contribution in [0, 0.1) is 0 Å². The van der Waals surface area contributed by atoms with Gasteiger partial charge in [0.25, 0.3) is 0 Å². The van der Waals surface area contributed by atoms with E-state index in [2.05, 4.69) is 15.0 Å². The molecule has 1 heterocycles. The number of benzene rings is 1. The van der Waals surface area contributed by atoms with Crippen LogP contribution in [0.3, 0.4) is 0 Å². The number of anilines is 3. The third-order valence-corrected chi connectivity index (χ3v) is 1.35. The van der Waals surface area contributed by atoms with Gasteiger partial charge < -0.3 is 22.0 Å². The minimum Gasteiger partial charge on any atom is -0.368 e. The molecule has 17 heavy (non-hydrogen) atoms. The fourth-order valence-electron chi connectivity index (χ4n) is 0.812. The van der Waals surface area contributed by atoms with Crippen molar-refractivity contribution in [2.24, 2.45) is 0 Å². The standard InChI is InChI=1S/C6H6.C3H6N6.CH2O/c1-2-4-6-5-3-1;4-1-7-2(5)9-3(6)8-1;1-2/h1-6H;(H6,4,5,6,7,8,9);1H2. The Morgan fingerprint density at radius 1 is 0.647 bits per heavy atom. The van der Waals surface area contributed by atoms with Gasteiger partial charge in [-0.3, -0.25) is 0 Å². The SMILES string of the molecule is C=O.Nc1nc(N)nc(N)n1.c1ccccc1. The van der Waals surface area contributed by atoms with E-state index >= 15 is 0 Å². The lowest BCUT2D eigenvalue weighted by Crippen LogP contribution is -2.05. The van der Waals surface area contributed by atoms with Crippen LogP contribution in [0.1, 0.15) is 0 Å². The highest BCUT2D eigenvalue weighted by atomic mass is 16.1. The number of carbonyl (C=O) groups excluding carboxylic acids is 1. The summed E-state index contributed by atoms with van der Waals surface area (Å²) in [5.41, 5.74) is 15.4. The van der Waals surface area contributed by atoms with Crippen LogP contribution in [0.2, 0.25) is 0 Å². The van der Waals surface area contributed by atoms with Crippen molar-refractivity contribution in [1.82, 2.24) is 15.0 Å². The average molecular weight is 234 g/mol. The van der Waals surface area contributed by atoms with Crippen molar-refractivity contribution < 1.29 is 4.79 Å². The number of nitrogen functional groups attached to an aromatic ring is 3. The van der Waals surface area contributed by atoms with Crippen LogP contribution in [-0.2, 0) is 4.79 Å². The van der Waals surface area contributed by atoms with Crippen molar-refractivity contribution >= 4 is 24.6 Å². The van der Waals surface area contributed by atoms with E-state index < -0.39 is 0 Å². The van der Waals surface area contributed by atoms with Gasteiger partial charge in [0.05, 0.1) is 0 Å². The molecule has 0 amide bonds. The third kappa shape index (κ3) is 7.25. The summed E-state index contributed by atoms with van der Waals surface area (Å²) in [5.74, 6) is 0.125. The normalized spacial score (nSPS) is 8.00. The van der Waals surface area contributed by atoms with Crippen LogP contribution in [-0.4, -0.2) is 21.7 Å². The van der Waals surface area contributed by atoms with E-state index in [0.717, 1.165) is 0 Å². The van der Waals surface area contributed by atoms with Crippen LogP contribution < -0.4 is 17.2 Å². The van der Waals surface area contributed by atoms with Gasteiger partial charge in [-0.15, -0.1) is 0 Å². The molecule has 0 radical (unpaired) electrons. The fraction of sp³-hybridized carbons (Fsp3) is 0. The van der Waals surface area contributed by atoms with Gasteiger partial charge in [-0.2, -0.15) is 15.0 Å². The molecule has 0 saturated heterocycles. The first-order valence-electron chi connectivity index (χ1n) is 4.50. The summed E-state index contributed by atoms with van der Waals surface area (Å²) in [7, 11) is 0. The molecule has 7 heteroatoms. The quantitative estimate of drug-likeness (QED) is 0.589. The van der Waals surface area contributed by atoms with Crippen molar-refractivity contribution in [3.8, 4) is 0 Å². The molecule has 0 aliphatic carbocycles. The number of hydrogen-bond acceptors (Lipinski definition) is 7. The van der Waals surface area contributed by atoms with Gasteiger partial charge in [0.15, 0.2) is 0 Å². The molecule has 0 atom stereocenters. The van der Waals surface area contributed by atoms with Gasteiger partial charge in [-0.05, 0) is 0 Å². The molecule has 0 aliphatic rings. The predicted octanol–water partition coefficient (Wildman–Crippen LogP) is 0.120. The monoisotopic (exact) mass is 234 g/mol. The molecule has 90 valence electrons. The first kappa shape index (κ1) is 14.3. The van der Waals surface area contributed by atoms with E-state index in [9.17, 15) is 0 Å². The van der Waals surface area contributed by atoms with Gasteiger partial charge in [0, 0.05) is 0 Å². The second kappa shape index (κ2) is 8.60. The van der Waals surface area contributed by atoms with Crippen molar-refractivity contribution in [1.29, 1.82) is 0 Å². The minimum absolute atomic E-state index is 0.0417. The van der Waals surface area contributed by atoms with E-state index in [1.165, 1.54) is 0 Å². The third-order valence-electron chi connectivity index (χ3n) is 1.35. The van der Waals surface area contributed by atoms with E-state index in [1.807, 2.05) is 43.2 Å². The summed E-state index contributed by atoms with van der Waals surface area (Å²) in [6.07, 6.45) is 0. The topological polar surface area (TPSA) is 134 Å². The lowest BCUT2D eigenvalue weighted by molar-refractivity contribution is -0.0979. The second-order valence-electron chi connectivity index (χ2n) is 2.56. The molecule has 2 rings (SSSR count). The van der Waals surface area contributed by atoms with E-state index in [0.29, 0.717) is 0 Å². The molecule has 1 aromatic heterocycles. The molecular formula is C10H14N6O. The lowest BCUT2D eigenvalue weighted by Gasteiger charge is -1.93. The van der Waals surface area contributed by atoms with Gasteiger partial charge >= 0.3 is 0 Å². The maximum Gasteiger partial charge on any atom is 0.226 e. The summed E-state index contributed by atoms with van der Waals surface area (Å²) >= 11 is 0. The maximum absolute atomic E-state index is 8.00. The van der Waals surface area contributed by atoms with E-state index in [4.69, 9.17) is 22.0 Å². The lowest BCUT2D eigenvalue weighted by atomic mass is 10.4. The molecular weight excluding hydrogens is 220 g/mol. The van der Waals surface area contributed by atoms with E-state index in [1.54, 1.807) is 0 Å². The summed E-state index contributed by atoms with van der Waals surface area (Å²) < 4.78 is 0. The highest BCUT2D eigenvalue weighted by Gasteiger charge is 1.93. The van der Waals surface area contributed by atoms with Gasteiger partial charge in [-0.1, -0.05) is 36.4 Å². The zero-order valence-electron chi connectivity index (χ0n) is 9.15. The largest absolute Gasteiger partial charge is 0.368 e. The zero-order valence-corrected chi connectivity index (χ0v) is 9.15. The molecule has 0 saturated carbocycles. The fourth-order valence-corrected chi connectivity index (χ4v) is 0.812. The minimum atomic E-state index is 0.0417. The maximum atomic E-state index is 8.00. The Morgan fingerprint density at radius 2 is 0.824 bits per heavy atom. The summed E-state index contributed by atoms with van der Waals surface area (Å²) in [6.45, 7) is 2.00. The predicted molar refractivity (Wildman–Crippen MR) is 66.6 cm³/mol. The Hall–Kier alpha value is -2.70. The molecule has 0 bridgehead atoms. The van der Waals surface area contributed by atoms with Crippen LogP contribution in [0.15, 0.2) is 36.4 Å². The van der Waals surface area contributed by atoms with Crippen LogP contribution in [0.4, 0.5) is 17.8 Å². The number of rotatable bonds is 0. The average Bonchev–Trinajstić information content (AvgIpc) is 2.33. The van der Waals surface area contributed by atoms with E-state index in [-0.39, 0.29) is 17.8 Å². The highest BCUT2D eigenvalue weighted by molar-refractivity contribution is 5.33. The molecule has 0 fully saturated rings. The van der Waals surface area contributed by atoms with Crippen molar-refractivity contribution in [3.63, 3.8) is 0 Å². The molecule has 0 unspecified atom stereocenters. The Kier molecular flexibility index (Phi) is 7.23. The smallest absolute Gasteiger partial charge is 0.226 e. The first-order valence-corrected chi connectivity index (χ1v) is 4.50. The number of aromatic nitrogens is 3. The van der Waals surface area contributed by atoms with Crippen molar-refractivity contribution in [2.45, 2.75) is 0 Å². The number of carbonyl (C=O) groups is 1. The second-order valence-corrected chi connectivity index (χ2v) is 2.56. The number of nitrogens with two attached hydrogens (primary N) is 3. The summed E-state index contributed by atoms with van der Waals surface area (Å²) in [5, 5.41) is 0. The van der Waals surface area contributed by atoms with Crippen molar-refractivity contribution in [2.75, 3.05) is 17.2 Å². The number of nitrogens with zero attached hydrogens (tertiary/aromatic N) is 3. The Morgan fingerprint density at radius 3 is 1.00 bits per heavy atom. The first-order chi connectivity index (χ1) is 8.18. The molecule has 7 nitrogen and oxygen atoms in total. The molecule has 6 N–H and O–H groups in total. The van der Waals surface area contributed by atoms with Gasteiger partial charge in [-0.25, -0.2) is 0 Å². The van der Waals surface area contributed by atoms with Crippen LogP contribution in [0.25, 0.3) is 0 Å². The van der Waals surface area contributed by atoms with Crippen LogP contribution >= 0.6 is 0 Å². The summed E-state index contributed by atoms with van der Waals surface area (Å²) in [4.78, 5) is 18.5. The highest BCUT2D eigenvalue weighted by Crippen LogP contribution is 1.97. The molecule has 0 spiro atoms. The Balaban J connectivity index is 0.000000278. The Labute approximate surface area is 98.7 Å². The van der Waals surface area contributed by atoms with Gasteiger partial charge in [0.2, 0.25) is 17.8 Å². The Bertz CT molecular complexity index is 345. The zero-order chi connectivity index (χ0) is 13.1. The molecule has 2 aromatic rings. The molecule has 1 aromatic carbocycles.